The first kappa shape index (κ1) is 30.1. The molecule has 204 valence electrons. The van der Waals surface area contributed by atoms with Gasteiger partial charge in [-0.1, -0.05) is 26.0 Å². The minimum atomic E-state index is -3.65. The zero-order valence-electron chi connectivity index (χ0n) is 22.2. The Labute approximate surface area is 219 Å². The van der Waals surface area contributed by atoms with Crippen LogP contribution in [0.4, 0.5) is 10.1 Å². The standard InChI is InChI=1S/C27H38FN3O5S/c1-6-20(3)29-27(33)25(7-2)30(19-21-10-8-11-24(18-21)36-4)26(32)12-9-17-31(37(5,34)35)23-15-13-22(28)14-16-23/h8,10-11,13-16,18,20,25H,6-7,9,12,17,19H2,1-5H3,(H,29,33)/t20-,25-/m0/s1. The first-order valence-electron chi connectivity index (χ1n) is 12.5. The molecule has 0 saturated carbocycles. The number of carbonyl (C=O) groups excluding carboxylic acids is 2. The number of amides is 2. The van der Waals surface area contributed by atoms with Crippen molar-refractivity contribution in [3.8, 4) is 5.75 Å². The molecule has 8 nitrogen and oxygen atoms in total. The Morgan fingerprint density at radius 3 is 2.32 bits per heavy atom. The minimum absolute atomic E-state index is 0.0320. The summed E-state index contributed by atoms with van der Waals surface area (Å²) in [4.78, 5) is 28.1. The van der Waals surface area contributed by atoms with E-state index in [9.17, 15) is 22.4 Å². The highest BCUT2D eigenvalue weighted by Gasteiger charge is 2.29. The van der Waals surface area contributed by atoms with Crippen LogP contribution in [0.5, 0.6) is 5.75 Å². The number of sulfonamides is 1. The SMILES string of the molecule is CC[C@H](C)NC(=O)[C@H](CC)N(Cc1cccc(OC)c1)C(=O)CCCN(c1ccc(F)cc1)S(C)(=O)=O. The maximum absolute atomic E-state index is 13.5. The highest BCUT2D eigenvalue weighted by Crippen LogP contribution is 2.21. The number of ether oxygens (including phenoxy) is 1. The van der Waals surface area contributed by atoms with E-state index in [0.717, 1.165) is 22.5 Å². The van der Waals surface area contributed by atoms with Crippen molar-refractivity contribution in [1.82, 2.24) is 10.2 Å². The van der Waals surface area contributed by atoms with Gasteiger partial charge < -0.3 is 15.0 Å². The Bertz CT molecular complexity index is 1140. The number of hydrogen-bond acceptors (Lipinski definition) is 5. The highest BCUT2D eigenvalue weighted by atomic mass is 32.2. The van der Waals surface area contributed by atoms with E-state index in [1.54, 1.807) is 18.1 Å². The normalized spacial score (nSPS) is 12.9. The van der Waals surface area contributed by atoms with Crippen LogP contribution in [0.3, 0.4) is 0 Å². The Hall–Kier alpha value is -3.14. The van der Waals surface area contributed by atoms with E-state index in [4.69, 9.17) is 4.74 Å². The fraction of sp³-hybridized carbons (Fsp3) is 0.481. The van der Waals surface area contributed by atoms with E-state index in [-0.39, 0.29) is 43.8 Å². The Morgan fingerprint density at radius 2 is 1.76 bits per heavy atom. The van der Waals surface area contributed by atoms with Gasteiger partial charge in [0, 0.05) is 25.6 Å². The molecule has 0 aliphatic rings. The molecule has 0 spiro atoms. The fourth-order valence-electron chi connectivity index (χ4n) is 3.94. The maximum atomic E-state index is 13.5. The summed E-state index contributed by atoms with van der Waals surface area (Å²) in [5.41, 5.74) is 1.13. The second-order valence-electron chi connectivity index (χ2n) is 9.03. The summed E-state index contributed by atoms with van der Waals surface area (Å²) in [6.07, 6.45) is 2.50. The van der Waals surface area contributed by atoms with Gasteiger partial charge in [-0.2, -0.15) is 0 Å². The van der Waals surface area contributed by atoms with Gasteiger partial charge in [-0.15, -0.1) is 0 Å². The van der Waals surface area contributed by atoms with Gasteiger partial charge >= 0.3 is 0 Å². The number of hydrogen-bond donors (Lipinski definition) is 1. The maximum Gasteiger partial charge on any atom is 0.243 e. The molecule has 2 amide bonds. The summed E-state index contributed by atoms with van der Waals surface area (Å²) >= 11 is 0. The van der Waals surface area contributed by atoms with Crippen molar-refractivity contribution in [2.24, 2.45) is 0 Å². The monoisotopic (exact) mass is 535 g/mol. The third kappa shape index (κ3) is 9.03. The lowest BCUT2D eigenvalue weighted by atomic mass is 10.1. The third-order valence-corrected chi connectivity index (χ3v) is 7.33. The molecule has 37 heavy (non-hydrogen) atoms. The van der Waals surface area contributed by atoms with Crippen molar-refractivity contribution < 1.29 is 27.1 Å². The summed E-state index contributed by atoms with van der Waals surface area (Å²) < 4.78 is 44.5. The molecule has 2 rings (SSSR count). The van der Waals surface area contributed by atoms with E-state index in [1.807, 2.05) is 39.0 Å². The number of anilines is 1. The van der Waals surface area contributed by atoms with Gasteiger partial charge in [0.2, 0.25) is 21.8 Å². The molecular formula is C27H38FN3O5S. The van der Waals surface area contributed by atoms with E-state index in [2.05, 4.69) is 5.32 Å². The number of halogens is 1. The molecule has 2 aromatic rings. The Balaban J connectivity index is 2.24. The zero-order chi connectivity index (χ0) is 27.6. The lowest BCUT2D eigenvalue weighted by Gasteiger charge is -2.32. The molecule has 0 bridgehead atoms. The molecular weight excluding hydrogens is 497 g/mol. The zero-order valence-corrected chi connectivity index (χ0v) is 23.1. The molecule has 0 saturated heterocycles. The number of carbonyl (C=O) groups is 2. The first-order chi connectivity index (χ1) is 17.5. The number of nitrogens with one attached hydrogen (secondary N) is 1. The topological polar surface area (TPSA) is 96.0 Å². The molecule has 0 heterocycles. The van der Waals surface area contributed by atoms with Crippen LogP contribution in [0.15, 0.2) is 48.5 Å². The quantitative estimate of drug-likeness (QED) is 0.393. The van der Waals surface area contributed by atoms with Gasteiger partial charge in [-0.3, -0.25) is 13.9 Å². The molecule has 0 radical (unpaired) electrons. The second-order valence-corrected chi connectivity index (χ2v) is 10.9. The van der Waals surface area contributed by atoms with E-state index < -0.39 is 21.9 Å². The van der Waals surface area contributed by atoms with Gasteiger partial charge in [0.05, 0.1) is 19.1 Å². The lowest BCUT2D eigenvalue weighted by molar-refractivity contribution is -0.141. The van der Waals surface area contributed by atoms with Crippen molar-refractivity contribution in [1.29, 1.82) is 0 Å². The molecule has 2 aromatic carbocycles. The van der Waals surface area contributed by atoms with Gasteiger partial charge in [0.15, 0.2) is 0 Å². The first-order valence-corrected chi connectivity index (χ1v) is 14.3. The summed E-state index contributed by atoms with van der Waals surface area (Å²) in [7, 11) is -2.09. The van der Waals surface area contributed by atoms with Gasteiger partial charge in [0.25, 0.3) is 0 Å². The molecule has 0 fully saturated rings. The van der Waals surface area contributed by atoms with Crippen LogP contribution in [0.25, 0.3) is 0 Å². The average molecular weight is 536 g/mol. The largest absolute Gasteiger partial charge is 0.497 e. The molecule has 1 N–H and O–H groups in total. The van der Waals surface area contributed by atoms with Crippen molar-refractivity contribution >= 4 is 27.5 Å². The van der Waals surface area contributed by atoms with Crippen LogP contribution in [0.2, 0.25) is 0 Å². The van der Waals surface area contributed by atoms with Crippen LogP contribution in [-0.2, 0) is 26.2 Å². The van der Waals surface area contributed by atoms with E-state index in [0.29, 0.717) is 17.9 Å². The summed E-state index contributed by atoms with van der Waals surface area (Å²) in [5.74, 6) is -0.314. The van der Waals surface area contributed by atoms with Gasteiger partial charge in [0.1, 0.15) is 17.6 Å². The van der Waals surface area contributed by atoms with Crippen LogP contribution in [-0.4, -0.2) is 57.1 Å². The number of benzene rings is 2. The number of rotatable bonds is 14. The summed E-state index contributed by atoms with van der Waals surface area (Å²) in [5, 5.41) is 2.97. The Kier molecular flexibility index (Phi) is 11.4. The summed E-state index contributed by atoms with van der Waals surface area (Å²) in [6.45, 7) is 5.98. The van der Waals surface area contributed by atoms with Crippen LogP contribution < -0.4 is 14.4 Å². The lowest BCUT2D eigenvalue weighted by Crippen LogP contribution is -2.50. The predicted octanol–water partition coefficient (Wildman–Crippen LogP) is 4.10. The van der Waals surface area contributed by atoms with Crippen LogP contribution in [0.1, 0.15) is 52.0 Å². The van der Waals surface area contributed by atoms with E-state index in [1.165, 1.54) is 24.3 Å². The van der Waals surface area contributed by atoms with Gasteiger partial charge in [-0.05, 0) is 68.1 Å². The molecule has 0 aliphatic carbocycles. The van der Waals surface area contributed by atoms with Gasteiger partial charge in [-0.25, -0.2) is 12.8 Å². The molecule has 0 unspecified atom stereocenters. The molecule has 0 aromatic heterocycles. The molecule has 10 heteroatoms. The third-order valence-electron chi connectivity index (χ3n) is 6.14. The number of nitrogens with zero attached hydrogens (tertiary/aromatic N) is 2. The predicted molar refractivity (Wildman–Crippen MR) is 143 cm³/mol. The van der Waals surface area contributed by atoms with E-state index >= 15 is 0 Å². The Morgan fingerprint density at radius 1 is 1.08 bits per heavy atom. The molecule has 0 aliphatic heterocycles. The van der Waals surface area contributed by atoms with Crippen molar-refractivity contribution in [2.45, 2.75) is 65.1 Å². The van der Waals surface area contributed by atoms with Crippen molar-refractivity contribution in [2.75, 3.05) is 24.2 Å². The second kappa shape index (κ2) is 14.0. The summed E-state index contributed by atoms with van der Waals surface area (Å²) in [6, 6.07) is 11.7. The average Bonchev–Trinajstić information content (AvgIpc) is 2.86. The van der Waals surface area contributed by atoms with Crippen LogP contribution >= 0.6 is 0 Å². The molecule has 2 atom stereocenters. The fourth-order valence-corrected chi connectivity index (χ4v) is 4.90. The number of methoxy groups -OCH3 is 1. The highest BCUT2D eigenvalue weighted by molar-refractivity contribution is 7.92. The van der Waals surface area contributed by atoms with Crippen molar-refractivity contribution in [3.63, 3.8) is 0 Å². The van der Waals surface area contributed by atoms with Crippen molar-refractivity contribution in [3.05, 3.63) is 59.9 Å². The smallest absolute Gasteiger partial charge is 0.243 e. The van der Waals surface area contributed by atoms with Crippen LogP contribution in [0, 0.1) is 5.82 Å². The minimum Gasteiger partial charge on any atom is -0.497 e.